The lowest BCUT2D eigenvalue weighted by atomic mass is 9.87. The van der Waals surface area contributed by atoms with Crippen molar-refractivity contribution in [2.24, 2.45) is 0 Å². The lowest BCUT2D eigenvalue weighted by Crippen LogP contribution is -2.07. The van der Waals surface area contributed by atoms with E-state index < -0.39 is 0 Å². The Balaban J connectivity index is 0.909. The van der Waals surface area contributed by atoms with E-state index in [0.717, 1.165) is 33.0 Å². The number of rotatable bonds is 2. The van der Waals surface area contributed by atoms with Crippen molar-refractivity contribution in [2.45, 2.75) is 0 Å². The van der Waals surface area contributed by atoms with Gasteiger partial charge in [-0.3, -0.25) is 9.59 Å². The molecule has 0 amide bonds. The van der Waals surface area contributed by atoms with Crippen molar-refractivity contribution in [3.05, 3.63) is 202 Å². The third kappa shape index (κ3) is 4.31. The molecule has 0 radical (unpaired) electrons. The fourth-order valence-electron chi connectivity index (χ4n) is 11.4. The van der Waals surface area contributed by atoms with Crippen LogP contribution < -0.4 is 10.9 Å². The van der Waals surface area contributed by atoms with Crippen LogP contribution in [0.3, 0.4) is 0 Å². The van der Waals surface area contributed by atoms with Crippen LogP contribution in [-0.2, 0) is 0 Å². The van der Waals surface area contributed by atoms with Crippen LogP contribution in [0.4, 0.5) is 0 Å². The molecule has 0 unspecified atom stereocenters. The summed E-state index contributed by atoms with van der Waals surface area (Å²) in [6, 6.07) is 62.9. The second-order valence-corrected chi connectivity index (χ2v) is 17.3. The van der Waals surface area contributed by atoms with Crippen molar-refractivity contribution in [1.82, 2.24) is 0 Å². The van der Waals surface area contributed by atoms with Gasteiger partial charge in [0.1, 0.15) is 22.1 Å². The highest BCUT2D eigenvalue weighted by Crippen LogP contribution is 2.45. The van der Waals surface area contributed by atoms with Gasteiger partial charge in [-0.2, -0.15) is 0 Å². The van der Waals surface area contributed by atoms with Crippen LogP contribution in [0.1, 0.15) is 0 Å². The molecule has 0 bridgehead atoms. The van der Waals surface area contributed by atoms with E-state index >= 15 is 0 Å². The molecular weight excluding hydrogens is 785 g/mol. The first-order chi connectivity index (χ1) is 31.6. The third-order valence-electron chi connectivity index (χ3n) is 14.1. The van der Waals surface area contributed by atoms with E-state index in [1.165, 1.54) is 75.4 Å². The summed E-state index contributed by atoms with van der Waals surface area (Å²) < 4.78 is 13.0. The van der Waals surface area contributed by atoms with Crippen LogP contribution >= 0.6 is 0 Å². The lowest BCUT2D eigenvalue weighted by molar-refractivity contribution is 0.649. The molecule has 0 aliphatic heterocycles. The first kappa shape index (κ1) is 34.0. The molecule has 15 rings (SSSR count). The van der Waals surface area contributed by atoms with Gasteiger partial charge in [-0.1, -0.05) is 146 Å². The van der Waals surface area contributed by atoms with E-state index in [2.05, 4.69) is 133 Å². The van der Waals surface area contributed by atoms with Gasteiger partial charge in [0, 0.05) is 0 Å². The average molecular weight is 815 g/mol. The van der Waals surface area contributed by atoms with Gasteiger partial charge < -0.3 is 8.83 Å². The SMILES string of the molecule is O=c1c2cc(-c3ccc4c5cccc6cccc(c7cccc3c74)c65)ccc2oc2c1ccc1oc3ccc(-c4ccc5c6cccc7cccc(c8cccc4c85)c76)cc3c(=O)c12. The molecule has 2 aromatic heterocycles. The maximum absolute atomic E-state index is 14.8. The zero-order chi connectivity index (χ0) is 41.9. The topological polar surface area (TPSA) is 60.4 Å². The van der Waals surface area contributed by atoms with Gasteiger partial charge in [-0.15, -0.1) is 0 Å². The summed E-state index contributed by atoms with van der Waals surface area (Å²) in [5.41, 5.74) is 4.92. The maximum Gasteiger partial charge on any atom is 0.204 e. The Morgan fingerprint density at radius 1 is 0.266 bits per heavy atom. The third-order valence-corrected chi connectivity index (χ3v) is 14.1. The van der Waals surface area contributed by atoms with E-state index in [-0.39, 0.29) is 21.8 Å². The first-order valence-corrected chi connectivity index (χ1v) is 21.6. The van der Waals surface area contributed by atoms with Gasteiger partial charge >= 0.3 is 0 Å². The Kier molecular flexibility index (Phi) is 6.42. The largest absolute Gasteiger partial charge is 0.456 e. The van der Waals surface area contributed by atoms with Crippen molar-refractivity contribution in [3.8, 4) is 22.3 Å². The quantitative estimate of drug-likeness (QED) is 0.129. The zero-order valence-electron chi connectivity index (χ0n) is 34.0. The predicted molar refractivity (Wildman–Crippen MR) is 267 cm³/mol. The molecule has 13 aromatic carbocycles. The Morgan fingerprint density at radius 2 is 0.656 bits per heavy atom. The normalized spacial score (nSPS) is 12.5. The Hall–Kier alpha value is -8.60. The minimum Gasteiger partial charge on any atom is -0.456 e. The summed E-state index contributed by atoms with van der Waals surface area (Å²) in [5, 5.41) is 20.9. The Bertz CT molecular complexity index is 4610. The molecule has 64 heavy (non-hydrogen) atoms. The minimum absolute atomic E-state index is 0.197. The predicted octanol–water partition coefficient (Wildman–Crippen LogP) is 15.6. The van der Waals surface area contributed by atoms with Crippen LogP contribution in [0.2, 0.25) is 0 Å². The zero-order valence-corrected chi connectivity index (χ0v) is 34.0. The minimum atomic E-state index is -0.243. The lowest BCUT2D eigenvalue weighted by Gasteiger charge is -2.16. The second kappa shape index (κ2) is 12.1. The summed E-state index contributed by atoms with van der Waals surface area (Å²) in [5.74, 6) is 0. The molecule has 0 saturated carbocycles. The molecule has 15 aromatic rings. The van der Waals surface area contributed by atoms with Crippen LogP contribution in [0, 0.1) is 0 Å². The molecule has 0 saturated heterocycles. The van der Waals surface area contributed by atoms with Crippen LogP contribution in [0.15, 0.2) is 200 Å². The van der Waals surface area contributed by atoms with Crippen molar-refractivity contribution < 1.29 is 8.83 Å². The average Bonchev–Trinajstić information content (AvgIpc) is 3.34. The van der Waals surface area contributed by atoms with Gasteiger partial charge in [-0.25, -0.2) is 0 Å². The molecular formula is C60H30O4. The molecule has 4 nitrogen and oxygen atoms in total. The highest BCUT2D eigenvalue weighted by atomic mass is 16.3. The van der Waals surface area contributed by atoms with Gasteiger partial charge in [0.15, 0.2) is 5.58 Å². The van der Waals surface area contributed by atoms with Gasteiger partial charge in [0.2, 0.25) is 10.9 Å². The summed E-state index contributed by atoms with van der Waals surface area (Å²) in [7, 11) is 0. The molecule has 4 heteroatoms. The highest BCUT2D eigenvalue weighted by Gasteiger charge is 2.21. The van der Waals surface area contributed by atoms with E-state index in [1.54, 1.807) is 12.1 Å². The van der Waals surface area contributed by atoms with Gasteiger partial charge in [-0.05, 0) is 145 Å². The van der Waals surface area contributed by atoms with Crippen molar-refractivity contribution in [1.29, 1.82) is 0 Å². The molecule has 0 N–H and O–H groups in total. The Labute approximate surface area is 362 Å². The van der Waals surface area contributed by atoms with Crippen LogP contribution in [0.5, 0.6) is 0 Å². The number of benzene rings is 13. The van der Waals surface area contributed by atoms with Crippen molar-refractivity contribution >= 4 is 130 Å². The van der Waals surface area contributed by atoms with E-state index in [9.17, 15) is 9.59 Å². The molecule has 2 heterocycles. The fraction of sp³-hybridized carbons (Fsp3) is 0. The first-order valence-electron chi connectivity index (χ1n) is 21.6. The summed E-state index contributed by atoms with van der Waals surface area (Å²) >= 11 is 0. The van der Waals surface area contributed by atoms with Crippen LogP contribution in [0.25, 0.3) is 152 Å². The monoisotopic (exact) mass is 814 g/mol. The van der Waals surface area contributed by atoms with Crippen molar-refractivity contribution in [3.63, 3.8) is 0 Å². The number of fused-ring (bicyclic) bond motifs is 9. The summed E-state index contributed by atoms with van der Waals surface area (Å²) in [6.07, 6.45) is 0. The van der Waals surface area contributed by atoms with E-state index in [0.29, 0.717) is 32.9 Å². The molecule has 0 aliphatic rings. The second-order valence-electron chi connectivity index (χ2n) is 17.3. The smallest absolute Gasteiger partial charge is 0.204 e. The highest BCUT2D eigenvalue weighted by molar-refractivity contribution is 6.35. The molecule has 0 atom stereocenters. The molecule has 0 spiro atoms. The molecule has 0 fully saturated rings. The van der Waals surface area contributed by atoms with E-state index in [4.69, 9.17) is 8.83 Å². The maximum atomic E-state index is 14.8. The summed E-state index contributed by atoms with van der Waals surface area (Å²) in [6.45, 7) is 0. The standard InChI is InChI=1S/C60H30O4/c61-58-47-25-28-52-57(59(62)49-30-34(19-26-50(49)63-52)36-22-24-46-42-14-4-10-32-8-2-12-40(54(32)42)44-18-6-16-38(36)56(44)46)60(47)64-51-27-20-33(29-48(51)58)35-21-23-45-41-13-3-9-31-7-1-11-39(53(31)41)43-17-5-15-37(35)55(43)45/h1-30H. The number of hydrogen-bond acceptors (Lipinski definition) is 4. The number of hydrogen-bond donors (Lipinski definition) is 0. The van der Waals surface area contributed by atoms with E-state index in [1.807, 2.05) is 36.4 Å². The van der Waals surface area contributed by atoms with Crippen LogP contribution in [-0.4, -0.2) is 0 Å². The van der Waals surface area contributed by atoms with Gasteiger partial charge in [0.05, 0.1) is 16.2 Å². The molecule has 294 valence electrons. The Morgan fingerprint density at radius 3 is 1.17 bits per heavy atom. The van der Waals surface area contributed by atoms with Crippen molar-refractivity contribution in [2.75, 3.05) is 0 Å². The fourth-order valence-corrected chi connectivity index (χ4v) is 11.4. The van der Waals surface area contributed by atoms with Gasteiger partial charge in [0.25, 0.3) is 0 Å². The summed E-state index contributed by atoms with van der Waals surface area (Å²) in [4.78, 5) is 29.3. The molecule has 0 aliphatic carbocycles.